The van der Waals surface area contributed by atoms with Crippen LogP contribution in [0.1, 0.15) is 24.3 Å². The quantitative estimate of drug-likeness (QED) is 0.266. The van der Waals surface area contributed by atoms with E-state index >= 15 is 0 Å². The Bertz CT molecular complexity index is 1440. The van der Waals surface area contributed by atoms with Crippen LogP contribution in [0.2, 0.25) is 0 Å². The molecule has 10 heteroatoms. The Balaban J connectivity index is 1.51. The number of nitrogens with two attached hydrogens (primary N) is 1. The van der Waals surface area contributed by atoms with Crippen molar-refractivity contribution in [2.75, 3.05) is 12.3 Å². The highest BCUT2D eigenvalue weighted by Gasteiger charge is 2.58. The molecule has 0 aliphatic carbocycles. The number of fused-ring (bicyclic) bond motifs is 1. The van der Waals surface area contributed by atoms with Crippen LogP contribution in [0.25, 0.3) is 11.2 Å². The number of carbonyl (C=O) groups is 1. The van der Waals surface area contributed by atoms with Gasteiger partial charge in [0.05, 0.1) is 26.1 Å². The van der Waals surface area contributed by atoms with Gasteiger partial charge in [-0.15, -0.1) is 6.42 Å². The lowest BCUT2D eigenvalue weighted by molar-refractivity contribution is -0.158. The Morgan fingerprint density at radius 2 is 1.76 bits per heavy atom. The number of esters is 1. The van der Waals surface area contributed by atoms with E-state index in [4.69, 9.17) is 31.1 Å². The first-order valence-electron chi connectivity index (χ1n) is 12.0. The molecular formula is C28H27N5O5. The monoisotopic (exact) mass is 513 g/mol. The maximum atomic E-state index is 12.3. The summed E-state index contributed by atoms with van der Waals surface area (Å²) in [4.78, 5) is 24.9. The average Bonchev–Trinajstić information content (AvgIpc) is 3.49. The first kappa shape index (κ1) is 25.4. The van der Waals surface area contributed by atoms with Crippen LogP contribution < -0.4 is 5.73 Å². The minimum atomic E-state index is -1.40. The van der Waals surface area contributed by atoms with Crippen molar-refractivity contribution in [1.29, 1.82) is 0 Å². The average molecular weight is 514 g/mol. The highest BCUT2D eigenvalue weighted by molar-refractivity contribution is 5.81. The van der Waals surface area contributed by atoms with Crippen LogP contribution in [-0.4, -0.2) is 49.9 Å². The molecule has 2 aromatic carbocycles. The number of anilines is 1. The summed E-state index contributed by atoms with van der Waals surface area (Å²) in [5.41, 5.74) is 7.27. The molecule has 194 valence electrons. The number of hydrogen-bond donors (Lipinski definition) is 1. The molecule has 2 N–H and O–H groups in total. The fraction of sp³-hybridized carbons (Fsp3) is 0.286. The molecule has 0 amide bonds. The second-order valence-corrected chi connectivity index (χ2v) is 8.89. The Kier molecular flexibility index (Phi) is 7.33. The zero-order valence-electron chi connectivity index (χ0n) is 20.8. The van der Waals surface area contributed by atoms with Gasteiger partial charge in [-0.05, 0) is 11.1 Å². The summed E-state index contributed by atoms with van der Waals surface area (Å²) >= 11 is 0. The predicted molar refractivity (Wildman–Crippen MR) is 138 cm³/mol. The zero-order chi connectivity index (χ0) is 26.5. The summed E-state index contributed by atoms with van der Waals surface area (Å²) in [7, 11) is 0. The van der Waals surface area contributed by atoms with Crippen LogP contribution in [0.5, 0.6) is 0 Å². The molecule has 4 aromatic rings. The third-order valence-electron chi connectivity index (χ3n) is 6.28. The third-order valence-corrected chi connectivity index (χ3v) is 6.28. The molecule has 0 saturated carbocycles. The van der Waals surface area contributed by atoms with Crippen LogP contribution >= 0.6 is 0 Å². The molecule has 4 atom stereocenters. The standard InChI is InChI=1S/C28H27N5O5/c1-3-28(16-35-14-20-10-6-4-7-11-20)24(36-15-21-12-8-5-9-13-21)23(37-19(2)34)27(38-28)33-18-32-22-25(29)30-17-31-26(22)33/h1,4-13,17-18,23-24,27H,14-16H2,2H3,(H2,29,30,31). The lowest BCUT2D eigenvalue weighted by Crippen LogP contribution is -2.48. The van der Waals surface area contributed by atoms with E-state index in [0.717, 1.165) is 11.1 Å². The number of nitrogens with zero attached hydrogens (tertiary/aromatic N) is 4. The van der Waals surface area contributed by atoms with Crippen LogP contribution in [0, 0.1) is 12.3 Å². The van der Waals surface area contributed by atoms with Crippen LogP contribution in [0.4, 0.5) is 5.82 Å². The fourth-order valence-electron chi connectivity index (χ4n) is 4.51. The molecule has 1 aliphatic rings. The second-order valence-electron chi connectivity index (χ2n) is 8.89. The number of aromatic nitrogens is 4. The molecule has 1 aliphatic heterocycles. The van der Waals surface area contributed by atoms with Crippen LogP contribution in [-0.2, 0) is 37.0 Å². The number of benzene rings is 2. The van der Waals surface area contributed by atoms with Gasteiger partial charge in [0.25, 0.3) is 0 Å². The van der Waals surface area contributed by atoms with Gasteiger partial charge >= 0.3 is 5.97 Å². The highest BCUT2D eigenvalue weighted by atomic mass is 16.6. The first-order valence-corrected chi connectivity index (χ1v) is 12.0. The molecule has 0 radical (unpaired) electrons. The van der Waals surface area contributed by atoms with Gasteiger partial charge in [0.1, 0.15) is 17.9 Å². The van der Waals surface area contributed by atoms with E-state index in [1.807, 2.05) is 60.7 Å². The largest absolute Gasteiger partial charge is 0.455 e. The summed E-state index contributed by atoms with van der Waals surface area (Å²) in [6.45, 7) is 1.82. The molecule has 0 spiro atoms. The highest BCUT2D eigenvalue weighted by Crippen LogP contribution is 2.42. The van der Waals surface area contributed by atoms with Gasteiger partial charge in [0.2, 0.25) is 0 Å². The summed E-state index contributed by atoms with van der Waals surface area (Å²) in [6, 6.07) is 19.3. The van der Waals surface area contributed by atoms with E-state index in [0.29, 0.717) is 17.8 Å². The van der Waals surface area contributed by atoms with E-state index in [1.54, 1.807) is 4.57 Å². The molecule has 10 nitrogen and oxygen atoms in total. The third kappa shape index (κ3) is 5.08. The number of carbonyl (C=O) groups excluding carboxylic acids is 1. The molecule has 5 rings (SSSR count). The van der Waals surface area contributed by atoms with Gasteiger partial charge in [0.15, 0.2) is 29.4 Å². The summed E-state index contributed by atoms with van der Waals surface area (Å²) in [6.07, 6.45) is 6.19. The second kappa shape index (κ2) is 11.0. The minimum absolute atomic E-state index is 0.0180. The molecule has 38 heavy (non-hydrogen) atoms. The number of terminal acetylenes is 1. The maximum Gasteiger partial charge on any atom is 0.303 e. The predicted octanol–water partition coefficient (Wildman–Crippen LogP) is 3.04. The summed E-state index contributed by atoms with van der Waals surface area (Å²) < 4.78 is 26.3. The van der Waals surface area contributed by atoms with Gasteiger partial charge in [0, 0.05) is 6.92 Å². The number of nitrogen functional groups attached to an aromatic ring is 1. The van der Waals surface area contributed by atoms with Crippen molar-refractivity contribution in [2.24, 2.45) is 0 Å². The van der Waals surface area contributed by atoms with Crippen molar-refractivity contribution in [1.82, 2.24) is 19.5 Å². The molecule has 1 saturated heterocycles. The number of hydrogen-bond acceptors (Lipinski definition) is 9. The maximum absolute atomic E-state index is 12.3. The van der Waals surface area contributed by atoms with Crippen molar-refractivity contribution < 1.29 is 23.7 Å². The molecule has 2 aromatic heterocycles. The van der Waals surface area contributed by atoms with Crippen molar-refractivity contribution in [3.63, 3.8) is 0 Å². The Hall–Kier alpha value is -4.30. The SMILES string of the molecule is C#CC1(COCc2ccccc2)OC(n2cnc3c(N)ncnc32)C(OC(C)=O)C1OCc1ccccc1. The molecular weight excluding hydrogens is 486 g/mol. The molecule has 3 heterocycles. The van der Waals surface area contributed by atoms with E-state index in [-0.39, 0.29) is 19.0 Å². The first-order chi connectivity index (χ1) is 18.5. The molecule has 0 bridgehead atoms. The van der Waals surface area contributed by atoms with E-state index in [2.05, 4.69) is 20.9 Å². The van der Waals surface area contributed by atoms with E-state index < -0.39 is 30.0 Å². The summed E-state index contributed by atoms with van der Waals surface area (Å²) in [5, 5.41) is 0. The van der Waals surface area contributed by atoms with Crippen molar-refractivity contribution in [3.8, 4) is 12.3 Å². The molecule has 1 fully saturated rings. The normalized spacial score (nSPS) is 22.8. The van der Waals surface area contributed by atoms with Crippen LogP contribution in [0.15, 0.2) is 73.3 Å². The van der Waals surface area contributed by atoms with Gasteiger partial charge in [-0.1, -0.05) is 66.6 Å². The Morgan fingerprint density at radius 3 is 2.42 bits per heavy atom. The van der Waals surface area contributed by atoms with E-state index in [1.165, 1.54) is 19.6 Å². The lowest BCUT2D eigenvalue weighted by atomic mass is 9.96. The van der Waals surface area contributed by atoms with Gasteiger partial charge < -0.3 is 24.7 Å². The van der Waals surface area contributed by atoms with Gasteiger partial charge in [-0.2, -0.15) is 0 Å². The van der Waals surface area contributed by atoms with Crippen LogP contribution in [0.3, 0.4) is 0 Å². The topological polar surface area (TPSA) is 124 Å². The van der Waals surface area contributed by atoms with Crippen molar-refractivity contribution >= 4 is 23.0 Å². The number of rotatable bonds is 9. The Morgan fingerprint density at radius 1 is 1.08 bits per heavy atom. The number of imidazole rings is 1. The summed E-state index contributed by atoms with van der Waals surface area (Å²) in [5.74, 6) is 2.44. The van der Waals surface area contributed by atoms with Gasteiger partial charge in [-0.25, -0.2) is 15.0 Å². The zero-order valence-corrected chi connectivity index (χ0v) is 20.8. The van der Waals surface area contributed by atoms with Gasteiger partial charge in [-0.3, -0.25) is 9.36 Å². The lowest BCUT2D eigenvalue weighted by Gasteiger charge is -2.30. The minimum Gasteiger partial charge on any atom is -0.455 e. The van der Waals surface area contributed by atoms with E-state index in [9.17, 15) is 4.79 Å². The Labute approximate surface area is 219 Å². The van der Waals surface area contributed by atoms with Crippen molar-refractivity contribution in [3.05, 3.63) is 84.4 Å². The fourth-order valence-corrected chi connectivity index (χ4v) is 4.51. The molecule has 4 unspecified atom stereocenters. The number of ether oxygens (including phenoxy) is 4. The smallest absolute Gasteiger partial charge is 0.303 e. The van der Waals surface area contributed by atoms with Crippen molar-refractivity contribution in [2.45, 2.75) is 44.2 Å².